The minimum Gasteiger partial charge on any atom is -0.461 e. The summed E-state index contributed by atoms with van der Waals surface area (Å²) in [5, 5.41) is 3.40. The van der Waals surface area contributed by atoms with E-state index in [9.17, 15) is 14.0 Å². The fourth-order valence-electron chi connectivity index (χ4n) is 4.99. The first-order valence-corrected chi connectivity index (χ1v) is 9.96. The second-order valence-electron chi connectivity index (χ2n) is 7.77. The van der Waals surface area contributed by atoms with E-state index in [0.29, 0.717) is 22.8 Å². The normalized spacial score (nSPS) is 25.5. The van der Waals surface area contributed by atoms with Crippen molar-refractivity contribution in [1.29, 1.82) is 0 Å². The van der Waals surface area contributed by atoms with E-state index in [1.807, 2.05) is 11.9 Å². The molecule has 1 N–H and O–H groups in total. The Kier molecular flexibility index (Phi) is 4.31. The van der Waals surface area contributed by atoms with Crippen molar-refractivity contribution >= 4 is 29.0 Å². The molecule has 0 aliphatic carbocycles. The second kappa shape index (κ2) is 6.79. The van der Waals surface area contributed by atoms with Gasteiger partial charge in [-0.15, -0.1) is 0 Å². The SMILES string of the molecule is CN1C[C@H](c2ccc(F)cc2)[C@@H](C(=O)c2ccco2)[C@]12C(=O)Nc1ccc(Cl)cc12. The molecule has 3 aromatic rings. The number of furan rings is 1. The van der Waals surface area contributed by atoms with Crippen LogP contribution in [0, 0.1) is 11.7 Å². The van der Waals surface area contributed by atoms with Crippen molar-refractivity contribution in [2.45, 2.75) is 11.5 Å². The lowest BCUT2D eigenvalue weighted by Gasteiger charge is -2.35. The zero-order chi connectivity index (χ0) is 21.0. The standard InChI is InChI=1S/C23H18ClFN2O3/c1-27-12-16(13-4-7-15(25)8-5-13)20(21(28)19-3-2-10-30-19)23(27)17-11-14(24)6-9-18(17)26-22(23)29/h2-11,16,20H,12H2,1H3,(H,26,29)/t16-,20+,23-/m1/s1. The first kappa shape index (κ1) is 19.0. The number of rotatable bonds is 3. The first-order valence-electron chi connectivity index (χ1n) is 9.59. The lowest BCUT2D eigenvalue weighted by Crippen LogP contribution is -2.51. The maximum atomic E-state index is 13.7. The predicted octanol–water partition coefficient (Wildman–Crippen LogP) is 4.45. The molecule has 1 saturated heterocycles. The van der Waals surface area contributed by atoms with Gasteiger partial charge in [-0.25, -0.2) is 4.39 Å². The van der Waals surface area contributed by atoms with Crippen molar-refractivity contribution in [3.63, 3.8) is 0 Å². The number of halogens is 2. The van der Waals surface area contributed by atoms with Gasteiger partial charge in [-0.3, -0.25) is 14.5 Å². The van der Waals surface area contributed by atoms with Crippen LogP contribution < -0.4 is 5.32 Å². The quantitative estimate of drug-likeness (QED) is 0.631. The summed E-state index contributed by atoms with van der Waals surface area (Å²) in [4.78, 5) is 29.0. The van der Waals surface area contributed by atoms with Gasteiger partial charge in [0.25, 0.3) is 0 Å². The molecule has 30 heavy (non-hydrogen) atoms. The summed E-state index contributed by atoms with van der Waals surface area (Å²) in [5.74, 6) is -1.85. The zero-order valence-corrected chi connectivity index (χ0v) is 16.8. The Hall–Kier alpha value is -2.96. The molecule has 1 spiro atoms. The summed E-state index contributed by atoms with van der Waals surface area (Å²) in [6.45, 7) is 0.433. The predicted molar refractivity (Wildman–Crippen MR) is 110 cm³/mol. The van der Waals surface area contributed by atoms with Gasteiger partial charge in [0.1, 0.15) is 11.4 Å². The summed E-state index contributed by atoms with van der Waals surface area (Å²) < 4.78 is 19.0. The van der Waals surface area contributed by atoms with Crippen LogP contribution >= 0.6 is 11.6 Å². The third kappa shape index (κ3) is 2.57. The summed E-state index contributed by atoms with van der Waals surface area (Å²) in [6, 6.07) is 14.5. The van der Waals surface area contributed by atoms with Crippen LogP contribution in [0.2, 0.25) is 5.02 Å². The van der Waals surface area contributed by atoms with Crippen molar-refractivity contribution in [3.05, 3.63) is 88.6 Å². The number of likely N-dealkylation sites (tertiary alicyclic amines) is 1. The van der Waals surface area contributed by atoms with E-state index in [4.69, 9.17) is 16.0 Å². The molecule has 0 radical (unpaired) electrons. The van der Waals surface area contributed by atoms with Crippen LogP contribution in [-0.4, -0.2) is 30.2 Å². The molecule has 1 fully saturated rings. The van der Waals surface area contributed by atoms with Gasteiger partial charge >= 0.3 is 0 Å². The van der Waals surface area contributed by atoms with Gasteiger partial charge in [0, 0.05) is 28.7 Å². The smallest absolute Gasteiger partial charge is 0.250 e. The Morgan fingerprint density at radius 2 is 2.00 bits per heavy atom. The van der Waals surface area contributed by atoms with Gasteiger partial charge in [0.05, 0.1) is 12.2 Å². The number of amides is 1. The zero-order valence-electron chi connectivity index (χ0n) is 16.1. The Balaban J connectivity index is 1.74. The molecule has 5 rings (SSSR count). The maximum absolute atomic E-state index is 13.7. The number of ketones is 1. The third-order valence-corrected chi connectivity index (χ3v) is 6.49. The van der Waals surface area contributed by atoms with Crippen LogP contribution in [0.3, 0.4) is 0 Å². The number of Topliss-reactive ketones (excluding diaryl/α,β-unsaturated/α-hetero) is 1. The monoisotopic (exact) mass is 424 g/mol. The van der Waals surface area contributed by atoms with Crippen LogP contribution in [0.25, 0.3) is 0 Å². The molecule has 5 nitrogen and oxygen atoms in total. The molecule has 3 heterocycles. The highest BCUT2D eigenvalue weighted by Gasteiger charge is 2.64. The number of hydrogen-bond acceptors (Lipinski definition) is 4. The minimum absolute atomic E-state index is 0.185. The van der Waals surface area contributed by atoms with Crippen LogP contribution in [0.15, 0.2) is 65.3 Å². The molecular formula is C23H18ClFN2O3. The van der Waals surface area contributed by atoms with Crippen LogP contribution in [0.1, 0.15) is 27.6 Å². The van der Waals surface area contributed by atoms with Gasteiger partial charge < -0.3 is 9.73 Å². The average molecular weight is 425 g/mol. The summed E-state index contributed by atoms with van der Waals surface area (Å²) in [6.07, 6.45) is 1.44. The first-order chi connectivity index (χ1) is 14.4. The van der Waals surface area contributed by atoms with E-state index in [1.54, 1.807) is 42.5 Å². The summed E-state index contributed by atoms with van der Waals surface area (Å²) >= 11 is 6.28. The van der Waals surface area contributed by atoms with E-state index < -0.39 is 11.5 Å². The molecule has 2 aromatic carbocycles. The topological polar surface area (TPSA) is 62.6 Å². The van der Waals surface area contributed by atoms with E-state index in [-0.39, 0.29) is 29.2 Å². The van der Waals surface area contributed by atoms with Gasteiger partial charge in [-0.05, 0) is 55.1 Å². The molecule has 0 bridgehead atoms. The van der Waals surface area contributed by atoms with E-state index >= 15 is 0 Å². The van der Waals surface area contributed by atoms with Gasteiger partial charge in [0.2, 0.25) is 11.7 Å². The van der Waals surface area contributed by atoms with Crippen LogP contribution in [0.4, 0.5) is 10.1 Å². The Morgan fingerprint density at radius 3 is 2.70 bits per heavy atom. The molecule has 2 aliphatic heterocycles. The number of hydrogen-bond donors (Lipinski definition) is 1. The van der Waals surface area contributed by atoms with Crippen molar-refractivity contribution in [3.8, 4) is 0 Å². The lowest BCUT2D eigenvalue weighted by molar-refractivity contribution is -0.126. The average Bonchev–Trinajstić information content (AvgIpc) is 3.42. The second-order valence-corrected chi connectivity index (χ2v) is 8.20. The fraction of sp³-hybridized carbons (Fsp3) is 0.217. The summed E-state index contributed by atoms with van der Waals surface area (Å²) in [7, 11) is 1.82. The van der Waals surface area contributed by atoms with Crippen molar-refractivity contribution in [2.75, 3.05) is 18.9 Å². The van der Waals surface area contributed by atoms with Crippen molar-refractivity contribution in [1.82, 2.24) is 4.90 Å². The Morgan fingerprint density at radius 1 is 1.23 bits per heavy atom. The minimum atomic E-state index is -1.25. The molecule has 0 saturated carbocycles. The number of carbonyl (C=O) groups is 2. The lowest BCUT2D eigenvalue weighted by atomic mass is 9.71. The van der Waals surface area contributed by atoms with Gasteiger partial charge in [0.15, 0.2) is 5.76 Å². The van der Waals surface area contributed by atoms with Crippen molar-refractivity contribution in [2.24, 2.45) is 5.92 Å². The van der Waals surface area contributed by atoms with Crippen LogP contribution in [0.5, 0.6) is 0 Å². The number of nitrogens with zero attached hydrogens (tertiary/aromatic N) is 1. The number of carbonyl (C=O) groups excluding carboxylic acids is 2. The molecule has 2 aliphatic rings. The molecule has 0 unspecified atom stereocenters. The van der Waals surface area contributed by atoms with Gasteiger partial charge in [-0.2, -0.15) is 0 Å². The highest BCUT2D eigenvalue weighted by molar-refractivity contribution is 6.31. The van der Waals surface area contributed by atoms with E-state index in [0.717, 1.165) is 5.56 Å². The van der Waals surface area contributed by atoms with Crippen molar-refractivity contribution < 1.29 is 18.4 Å². The van der Waals surface area contributed by atoms with Crippen LogP contribution in [-0.2, 0) is 10.3 Å². The number of fused-ring (bicyclic) bond motifs is 2. The molecule has 1 aromatic heterocycles. The number of nitrogens with one attached hydrogen (secondary N) is 1. The third-order valence-electron chi connectivity index (χ3n) is 6.26. The van der Waals surface area contributed by atoms with Gasteiger partial charge in [-0.1, -0.05) is 23.7 Å². The Bertz CT molecular complexity index is 1150. The molecule has 7 heteroatoms. The molecule has 3 atom stereocenters. The van der Waals surface area contributed by atoms with E-state index in [1.165, 1.54) is 18.4 Å². The van der Waals surface area contributed by atoms with E-state index in [2.05, 4.69) is 5.32 Å². The highest BCUT2D eigenvalue weighted by Crippen LogP contribution is 2.56. The number of likely N-dealkylation sites (N-methyl/N-ethyl adjacent to an activating group) is 1. The Labute approximate surface area is 177 Å². The number of anilines is 1. The summed E-state index contributed by atoms with van der Waals surface area (Å²) in [5.41, 5.74) is 0.835. The molecule has 152 valence electrons. The number of benzene rings is 2. The highest BCUT2D eigenvalue weighted by atomic mass is 35.5. The largest absolute Gasteiger partial charge is 0.461 e. The molecule has 1 amide bonds. The fourth-order valence-corrected chi connectivity index (χ4v) is 5.17. The maximum Gasteiger partial charge on any atom is 0.250 e. The molecular weight excluding hydrogens is 407 g/mol.